The molecule has 162 valence electrons. The Morgan fingerprint density at radius 3 is 2.53 bits per heavy atom. The highest BCUT2D eigenvalue weighted by Gasteiger charge is 2.19. The first-order valence-corrected chi connectivity index (χ1v) is 9.96. The van der Waals surface area contributed by atoms with E-state index in [1.165, 1.54) is 51.8 Å². The van der Waals surface area contributed by atoms with Crippen LogP contribution in [0.2, 0.25) is 5.02 Å². The molecule has 0 atom stereocenters. The lowest BCUT2D eigenvalue weighted by molar-refractivity contribution is 0.0949. The Labute approximate surface area is 185 Å². The molecule has 4 rings (SSSR count). The molecule has 0 saturated heterocycles. The molecule has 32 heavy (non-hydrogen) atoms. The first kappa shape index (κ1) is 21.3. The number of fused-ring (bicyclic) bond motifs is 1. The SMILES string of the molecule is O=C(NCc1ccc(F)cc1)c1cn2ccn(Cc3cccc(Cl)c3)c(=O)c2c(O)c1=O. The number of hydrogen-bond donors (Lipinski definition) is 2. The Balaban J connectivity index is 1.65. The van der Waals surface area contributed by atoms with Crippen LogP contribution in [0, 0.1) is 5.82 Å². The van der Waals surface area contributed by atoms with E-state index in [9.17, 15) is 23.9 Å². The van der Waals surface area contributed by atoms with Crippen LogP contribution >= 0.6 is 11.6 Å². The second-order valence-corrected chi connectivity index (χ2v) is 7.58. The van der Waals surface area contributed by atoms with Crippen LogP contribution in [-0.2, 0) is 13.1 Å². The second-order valence-electron chi connectivity index (χ2n) is 7.15. The number of rotatable bonds is 5. The third-order valence-electron chi connectivity index (χ3n) is 4.93. The molecule has 2 aromatic carbocycles. The van der Waals surface area contributed by atoms with Crippen molar-refractivity contribution in [3.63, 3.8) is 0 Å². The summed E-state index contributed by atoms with van der Waals surface area (Å²) in [5.41, 5.74) is -0.723. The summed E-state index contributed by atoms with van der Waals surface area (Å²) in [6, 6.07) is 12.5. The minimum Gasteiger partial charge on any atom is -0.503 e. The third kappa shape index (κ3) is 4.26. The molecule has 0 unspecified atom stereocenters. The summed E-state index contributed by atoms with van der Waals surface area (Å²) >= 11 is 5.98. The Morgan fingerprint density at radius 1 is 1.06 bits per heavy atom. The molecule has 1 amide bonds. The first-order chi connectivity index (χ1) is 15.3. The molecule has 2 N–H and O–H groups in total. The van der Waals surface area contributed by atoms with E-state index in [1.807, 2.05) is 0 Å². The number of aromatic nitrogens is 2. The summed E-state index contributed by atoms with van der Waals surface area (Å²) in [4.78, 5) is 38.0. The lowest BCUT2D eigenvalue weighted by atomic mass is 10.2. The number of carbonyl (C=O) groups excluding carboxylic acids is 1. The van der Waals surface area contributed by atoms with Crippen LogP contribution in [0.15, 0.2) is 76.7 Å². The highest BCUT2D eigenvalue weighted by molar-refractivity contribution is 6.30. The fourth-order valence-corrected chi connectivity index (χ4v) is 3.52. The number of nitrogens with zero attached hydrogens (tertiary/aromatic N) is 2. The maximum Gasteiger partial charge on any atom is 0.279 e. The van der Waals surface area contributed by atoms with E-state index in [1.54, 1.807) is 24.3 Å². The van der Waals surface area contributed by atoms with Crippen molar-refractivity contribution in [2.45, 2.75) is 13.1 Å². The average molecular weight is 454 g/mol. The molecule has 7 nitrogen and oxygen atoms in total. The van der Waals surface area contributed by atoms with Crippen LogP contribution in [0.3, 0.4) is 0 Å². The number of hydrogen-bond acceptors (Lipinski definition) is 4. The number of amides is 1. The number of carbonyl (C=O) groups is 1. The van der Waals surface area contributed by atoms with Gasteiger partial charge < -0.3 is 19.4 Å². The largest absolute Gasteiger partial charge is 0.503 e. The number of pyridine rings is 1. The molecule has 0 aliphatic carbocycles. The number of nitrogens with one attached hydrogen (secondary N) is 1. The Hall–Kier alpha value is -3.91. The lowest BCUT2D eigenvalue weighted by Crippen LogP contribution is -2.31. The van der Waals surface area contributed by atoms with Gasteiger partial charge in [-0.05, 0) is 35.4 Å². The molecule has 0 fully saturated rings. The van der Waals surface area contributed by atoms with Gasteiger partial charge in [0, 0.05) is 30.2 Å². The highest BCUT2D eigenvalue weighted by Crippen LogP contribution is 2.14. The number of halogens is 2. The van der Waals surface area contributed by atoms with E-state index in [0.29, 0.717) is 10.6 Å². The zero-order valence-corrected chi connectivity index (χ0v) is 17.3. The molecule has 0 aliphatic rings. The van der Waals surface area contributed by atoms with Crippen molar-refractivity contribution in [2.24, 2.45) is 0 Å². The summed E-state index contributed by atoms with van der Waals surface area (Å²) in [7, 11) is 0. The molecule has 0 radical (unpaired) electrons. The van der Waals surface area contributed by atoms with Crippen molar-refractivity contribution in [3.8, 4) is 5.75 Å². The second kappa shape index (κ2) is 8.68. The van der Waals surface area contributed by atoms with E-state index in [-0.39, 0.29) is 24.2 Å². The molecular weight excluding hydrogens is 437 g/mol. The molecule has 0 saturated carbocycles. The summed E-state index contributed by atoms with van der Waals surface area (Å²) in [5.74, 6) is -1.95. The monoisotopic (exact) mass is 453 g/mol. The third-order valence-corrected chi connectivity index (χ3v) is 5.17. The van der Waals surface area contributed by atoms with Gasteiger partial charge in [-0.2, -0.15) is 0 Å². The normalized spacial score (nSPS) is 10.9. The van der Waals surface area contributed by atoms with E-state index >= 15 is 0 Å². The van der Waals surface area contributed by atoms with Crippen LogP contribution in [-0.4, -0.2) is 20.0 Å². The van der Waals surface area contributed by atoms with Crippen LogP contribution in [0.1, 0.15) is 21.5 Å². The Kier molecular flexibility index (Phi) is 5.79. The zero-order valence-electron chi connectivity index (χ0n) is 16.6. The van der Waals surface area contributed by atoms with Crippen molar-refractivity contribution in [1.29, 1.82) is 0 Å². The topological polar surface area (TPSA) is 92.8 Å². The quantitative estimate of drug-likeness (QED) is 0.486. The van der Waals surface area contributed by atoms with Gasteiger partial charge in [-0.1, -0.05) is 35.9 Å². The smallest absolute Gasteiger partial charge is 0.279 e. The average Bonchev–Trinajstić information content (AvgIpc) is 2.77. The molecule has 9 heteroatoms. The summed E-state index contributed by atoms with van der Waals surface area (Å²) in [6.45, 7) is 0.243. The standard InChI is InChI=1S/C23H17ClFN3O4/c24-16-3-1-2-15(10-16)12-28-9-8-27-13-18(20(29)21(30)19(27)23(28)32)22(31)26-11-14-4-6-17(25)7-5-14/h1-10,13,30H,11-12H2,(H,26,31). The van der Waals surface area contributed by atoms with Crippen LogP contribution in [0.5, 0.6) is 5.75 Å². The van der Waals surface area contributed by atoms with Gasteiger partial charge in [0.2, 0.25) is 5.43 Å². The van der Waals surface area contributed by atoms with Crippen molar-refractivity contribution in [2.75, 3.05) is 0 Å². The van der Waals surface area contributed by atoms with Gasteiger partial charge in [0.25, 0.3) is 11.5 Å². The molecule has 2 heterocycles. The molecule has 2 aromatic heterocycles. The highest BCUT2D eigenvalue weighted by atomic mass is 35.5. The lowest BCUT2D eigenvalue weighted by Gasteiger charge is -2.11. The minimum absolute atomic E-state index is 0.0588. The number of aromatic hydroxyl groups is 1. The Morgan fingerprint density at radius 2 is 1.81 bits per heavy atom. The van der Waals surface area contributed by atoms with E-state index in [0.717, 1.165) is 5.56 Å². The van der Waals surface area contributed by atoms with Crippen molar-refractivity contribution in [1.82, 2.24) is 14.3 Å². The first-order valence-electron chi connectivity index (χ1n) is 9.58. The molecule has 0 bridgehead atoms. The maximum absolute atomic E-state index is 13.0. The van der Waals surface area contributed by atoms with E-state index in [4.69, 9.17) is 11.6 Å². The van der Waals surface area contributed by atoms with E-state index in [2.05, 4.69) is 5.32 Å². The predicted octanol–water partition coefficient (Wildman–Crippen LogP) is 2.94. The van der Waals surface area contributed by atoms with Crippen LogP contribution in [0.4, 0.5) is 4.39 Å². The van der Waals surface area contributed by atoms with Gasteiger partial charge in [0.15, 0.2) is 11.3 Å². The van der Waals surface area contributed by atoms with Gasteiger partial charge in [0.05, 0.1) is 6.54 Å². The maximum atomic E-state index is 13.0. The summed E-state index contributed by atoms with van der Waals surface area (Å²) in [6.07, 6.45) is 4.15. The van der Waals surface area contributed by atoms with Crippen molar-refractivity contribution >= 4 is 23.0 Å². The van der Waals surface area contributed by atoms with Gasteiger partial charge in [-0.25, -0.2) is 4.39 Å². The summed E-state index contributed by atoms with van der Waals surface area (Å²) in [5, 5.41) is 13.5. The Bertz CT molecular complexity index is 1440. The zero-order chi connectivity index (χ0) is 22.8. The predicted molar refractivity (Wildman–Crippen MR) is 118 cm³/mol. The van der Waals surface area contributed by atoms with Gasteiger partial charge in [-0.3, -0.25) is 14.4 Å². The van der Waals surface area contributed by atoms with Gasteiger partial charge in [0.1, 0.15) is 11.4 Å². The van der Waals surface area contributed by atoms with Crippen molar-refractivity contribution < 1.29 is 14.3 Å². The van der Waals surface area contributed by atoms with Gasteiger partial charge in [-0.15, -0.1) is 0 Å². The fraction of sp³-hybridized carbons (Fsp3) is 0.0870. The van der Waals surface area contributed by atoms with Gasteiger partial charge >= 0.3 is 0 Å². The summed E-state index contributed by atoms with van der Waals surface area (Å²) < 4.78 is 15.6. The molecular formula is C23H17ClFN3O4. The molecule has 0 spiro atoms. The molecule has 4 aromatic rings. The minimum atomic E-state index is -0.959. The van der Waals surface area contributed by atoms with Crippen LogP contribution < -0.4 is 16.3 Å². The number of benzene rings is 2. The fourth-order valence-electron chi connectivity index (χ4n) is 3.30. The molecule has 0 aliphatic heterocycles. The van der Waals surface area contributed by atoms with Crippen LogP contribution in [0.25, 0.3) is 5.52 Å². The van der Waals surface area contributed by atoms with E-state index < -0.39 is 28.5 Å². The van der Waals surface area contributed by atoms with Crippen molar-refractivity contribution in [3.05, 3.63) is 115 Å².